The molecule has 19 heavy (non-hydrogen) atoms. The molecule has 0 nitrogen and oxygen atoms in total. The third kappa shape index (κ3) is 0. The van der Waals surface area contributed by atoms with Gasteiger partial charge in [0.2, 0.25) is 0 Å². The highest BCUT2D eigenvalue weighted by atomic mass is 13.7. The molecule has 0 rings (SSSR count). The molecule has 0 aliphatic carbocycles. The molecule has 0 aromatic carbocycles. The number of rotatable bonds is 0. The minimum Gasteiger partial charge on any atom is -0.0776 e. The predicted octanol–water partition coefficient (Wildman–Crippen LogP) is 9.48. The maximum absolute atomic E-state index is 2.17. The molecule has 0 amide bonds. The molecular weight excluding hydrogens is 228 g/mol. The Bertz CT molecular complexity index is 4.75. The predicted molar refractivity (Wildman–Crippen MR) is 107 cm³/mol. The molecule has 0 bridgehead atoms. The van der Waals surface area contributed by atoms with Gasteiger partial charge in [-0.15, -0.1) is 0 Å². The smallest absolute Gasteiger partial charge is 0.0500 e. The lowest BCUT2D eigenvalue weighted by molar-refractivity contribution is 0.737. The maximum atomic E-state index is 2.17. The average molecular weight is 285 g/mol. The molecule has 0 saturated heterocycles. The second kappa shape index (κ2) is 578. The van der Waals surface area contributed by atoms with Crippen LogP contribution >= 0.6 is 0 Å². The second-order valence-corrected chi connectivity index (χ2v) is 1.73. The third-order valence-electron chi connectivity index (χ3n) is 0. The van der Waals surface area contributed by atoms with Crippen molar-refractivity contribution in [3.8, 4) is 0 Å². The Morgan fingerprint density at radius 2 is 0.316 bits per heavy atom. The van der Waals surface area contributed by atoms with Crippen LogP contribution < -0.4 is 0 Å². The van der Waals surface area contributed by atoms with Crippen LogP contribution in [0, 0.1) is 5.92 Å². The van der Waals surface area contributed by atoms with Gasteiger partial charge in [-0.2, -0.15) is 0 Å². The highest BCUT2D eigenvalue weighted by Crippen LogP contribution is 1.81. The lowest BCUT2D eigenvalue weighted by Crippen LogP contribution is -1.66. The summed E-state index contributed by atoms with van der Waals surface area (Å²) in [4.78, 5) is 0. The fraction of sp³-hybridized carbons (Fsp3) is 1.00. The Morgan fingerprint density at radius 1 is 0.316 bits per heavy atom. The summed E-state index contributed by atoms with van der Waals surface area (Å²) in [5.74, 6) is 0.833. The van der Waals surface area contributed by atoms with Gasteiger partial charge in [0, 0.05) is 0 Å². The van der Waals surface area contributed by atoms with Gasteiger partial charge in [-0.25, -0.2) is 0 Å². The van der Waals surface area contributed by atoms with Crippen molar-refractivity contribution in [1.82, 2.24) is 0 Å². The average Bonchev–Trinajstić information content (AvgIpc) is 2.52. The van der Waals surface area contributed by atoms with Crippen LogP contribution in [0.1, 0.15) is 125 Å². The molecule has 0 saturated carbocycles. The molecule has 0 N–H and O–H groups in total. The minimum atomic E-state index is 0. The van der Waals surface area contributed by atoms with E-state index in [9.17, 15) is 0 Å². The zero-order chi connectivity index (χ0) is 17.6. The molecule has 0 unspecified atom stereocenters. The summed E-state index contributed by atoms with van der Waals surface area (Å²) >= 11 is 0. The van der Waals surface area contributed by atoms with E-state index in [2.05, 4.69) is 20.8 Å². The molecule has 0 aromatic rings. The van der Waals surface area contributed by atoms with Crippen LogP contribution in [0.2, 0.25) is 0 Å². The SMILES string of the molecule is C.CC.CC.CC.CC.CC.CC.CC.CC(C)C. The first-order valence-electron chi connectivity index (χ1n) is 8.73. The van der Waals surface area contributed by atoms with Gasteiger partial charge in [0.15, 0.2) is 0 Å². The molecule has 0 aliphatic rings. The van der Waals surface area contributed by atoms with E-state index in [1.54, 1.807) is 0 Å². The molecule has 0 radical (unpaired) electrons. The van der Waals surface area contributed by atoms with Gasteiger partial charge in [0.25, 0.3) is 0 Å². The van der Waals surface area contributed by atoms with Gasteiger partial charge in [-0.05, 0) is 5.92 Å². The van der Waals surface area contributed by atoms with Gasteiger partial charge in [0.1, 0.15) is 0 Å². The van der Waals surface area contributed by atoms with Crippen molar-refractivity contribution in [2.45, 2.75) is 125 Å². The van der Waals surface area contributed by atoms with E-state index in [0.717, 1.165) is 5.92 Å². The summed E-state index contributed by atoms with van der Waals surface area (Å²) in [6, 6.07) is 0. The monoisotopic (exact) mass is 284 g/mol. The van der Waals surface area contributed by atoms with Crippen LogP contribution in [0.25, 0.3) is 0 Å². The summed E-state index contributed by atoms with van der Waals surface area (Å²) < 4.78 is 0. The van der Waals surface area contributed by atoms with E-state index in [1.807, 2.05) is 96.9 Å². The van der Waals surface area contributed by atoms with Crippen molar-refractivity contribution in [2.75, 3.05) is 0 Å². The Kier molecular flexibility index (Phi) is 1870. The largest absolute Gasteiger partial charge is 0.0776 e. The van der Waals surface area contributed by atoms with Gasteiger partial charge in [-0.1, -0.05) is 125 Å². The molecule has 0 aromatic heterocycles. The van der Waals surface area contributed by atoms with Crippen LogP contribution in [0.5, 0.6) is 0 Å². The molecular formula is C19H56. The van der Waals surface area contributed by atoms with Gasteiger partial charge in [0.05, 0.1) is 0 Å². The maximum Gasteiger partial charge on any atom is -0.0500 e. The molecule has 0 atom stereocenters. The van der Waals surface area contributed by atoms with Crippen molar-refractivity contribution in [3.05, 3.63) is 0 Å². The summed E-state index contributed by atoms with van der Waals surface area (Å²) in [7, 11) is 0. The lowest BCUT2D eigenvalue weighted by atomic mass is 10.3. The molecule has 0 spiro atoms. The standard InChI is InChI=1S/C4H10.7C2H6.CH4/c1-4(2)3;7*1-2;/h4H,1-3H3;7*1-2H3;1H4. The van der Waals surface area contributed by atoms with E-state index in [1.165, 1.54) is 0 Å². The first kappa shape index (κ1) is 61.6. The van der Waals surface area contributed by atoms with E-state index >= 15 is 0 Å². The normalized spacial score (nSPS) is 4.11. The fourth-order valence-corrected chi connectivity index (χ4v) is 0. The van der Waals surface area contributed by atoms with Gasteiger partial charge >= 0.3 is 0 Å². The molecule has 0 heterocycles. The highest BCUT2D eigenvalue weighted by Gasteiger charge is 1.68. The van der Waals surface area contributed by atoms with E-state index in [-0.39, 0.29) is 7.43 Å². The van der Waals surface area contributed by atoms with E-state index < -0.39 is 0 Å². The van der Waals surface area contributed by atoms with E-state index in [4.69, 9.17) is 0 Å². The Labute approximate surface area is 131 Å². The zero-order valence-corrected chi connectivity index (χ0v) is 17.6. The zero-order valence-electron chi connectivity index (χ0n) is 17.6. The summed E-state index contributed by atoms with van der Waals surface area (Å²) in [6.45, 7) is 34.5. The molecule has 0 fully saturated rings. The van der Waals surface area contributed by atoms with Crippen LogP contribution in [0.3, 0.4) is 0 Å². The van der Waals surface area contributed by atoms with Crippen LogP contribution in [-0.4, -0.2) is 0 Å². The van der Waals surface area contributed by atoms with Crippen LogP contribution in [-0.2, 0) is 0 Å². The van der Waals surface area contributed by atoms with Crippen LogP contribution in [0.4, 0.5) is 0 Å². The number of hydrogen-bond acceptors (Lipinski definition) is 0. The summed E-state index contributed by atoms with van der Waals surface area (Å²) in [5.41, 5.74) is 0. The van der Waals surface area contributed by atoms with Gasteiger partial charge < -0.3 is 0 Å². The fourth-order valence-electron chi connectivity index (χ4n) is 0. The van der Waals surface area contributed by atoms with Crippen LogP contribution in [0.15, 0.2) is 0 Å². The molecule has 0 heteroatoms. The Morgan fingerprint density at radius 3 is 0.316 bits per heavy atom. The van der Waals surface area contributed by atoms with Gasteiger partial charge in [-0.3, -0.25) is 0 Å². The summed E-state index contributed by atoms with van der Waals surface area (Å²) in [5, 5.41) is 0. The first-order valence-corrected chi connectivity index (χ1v) is 8.73. The van der Waals surface area contributed by atoms with Crippen molar-refractivity contribution in [1.29, 1.82) is 0 Å². The van der Waals surface area contributed by atoms with Crippen molar-refractivity contribution < 1.29 is 0 Å². The second-order valence-electron chi connectivity index (χ2n) is 1.73. The molecule has 132 valence electrons. The van der Waals surface area contributed by atoms with Crippen molar-refractivity contribution >= 4 is 0 Å². The van der Waals surface area contributed by atoms with E-state index in [0.29, 0.717) is 0 Å². The van der Waals surface area contributed by atoms with Crippen molar-refractivity contribution in [3.63, 3.8) is 0 Å². The lowest BCUT2D eigenvalue weighted by Gasteiger charge is -1.79. The topological polar surface area (TPSA) is 0 Å². The van der Waals surface area contributed by atoms with Crippen molar-refractivity contribution in [2.24, 2.45) is 5.92 Å². The minimum absolute atomic E-state index is 0. The Balaban J connectivity index is -0.00000000874. The summed E-state index contributed by atoms with van der Waals surface area (Å²) in [6.07, 6.45) is 0. The Hall–Kier alpha value is 0. The highest BCUT2D eigenvalue weighted by molar-refractivity contribution is 4.20. The quantitative estimate of drug-likeness (QED) is 0.415. The third-order valence-corrected chi connectivity index (χ3v) is 0. The number of hydrogen-bond donors (Lipinski definition) is 0. The molecule has 0 aliphatic heterocycles. The first-order chi connectivity index (χ1) is 8.73.